The van der Waals surface area contributed by atoms with Crippen LogP contribution in [0.5, 0.6) is 11.5 Å². The summed E-state index contributed by atoms with van der Waals surface area (Å²) in [6.07, 6.45) is 1.56. The van der Waals surface area contributed by atoms with Crippen LogP contribution in [-0.2, 0) is 9.53 Å². The Hall–Kier alpha value is -5.49. The molecule has 0 saturated carbocycles. The van der Waals surface area contributed by atoms with Gasteiger partial charge in [0.1, 0.15) is 29.1 Å². The van der Waals surface area contributed by atoms with Gasteiger partial charge in [-0.3, -0.25) is 19.5 Å². The Bertz CT molecular complexity index is 2210. The maximum absolute atomic E-state index is 14.2. The number of hydrogen-bond donors (Lipinski definition) is 0. The summed E-state index contributed by atoms with van der Waals surface area (Å²) in [5.41, 5.74) is 0.972. The number of nitro benzene ring substituents is 1. The topological polar surface area (TPSA) is 135 Å². The average Bonchev–Trinajstić information content (AvgIpc) is 3.63. The molecule has 0 unspecified atom stereocenters. The number of carbonyl (C=O) groups is 1. The Morgan fingerprint density at radius 2 is 1.91 bits per heavy atom. The summed E-state index contributed by atoms with van der Waals surface area (Å²) in [6, 6.07) is 18.2. The van der Waals surface area contributed by atoms with Gasteiger partial charge in [0, 0.05) is 11.6 Å². The highest BCUT2D eigenvalue weighted by atomic mass is 32.1. The number of fused-ring (bicyclic) bond motifs is 2. The zero-order chi connectivity index (χ0) is 31.8. The van der Waals surface area contributed by atoms with E-state index in [0.717, 1.165) is 22.1 Å². The Labute approximate surface area is 260 Å². The molecular formula is C33H27N3O8S. The van der Waals surface area contributed by atoms with Crippen molar-refractivity contribution >= 4 is 39.8 Å². The van der Waals surface area contributed by atoms with E-state index in [-0.39, 0.29) is 29.2 Å². The summed E-state index contributed by atoms with van der Waals surface area (Å²) in [7, 11) is 2.97. The molecule has 0 bridgehead atoms. The molecule has 0 aliphatic carbocycles. The van der Waals surface area contributed by atoms with Gasteiger partial charge in [0.25, 0.3) is 11.2 Å². The fourth-order valence-electron chi connectivity index (χ4n) is 5.50. The first kappa shape index (κ1) is 29.6. The van der Waals surface area contributed by atoms with Crippen molar-refractivity contribution in [2.24, 2.45) is 4.99 Å². The summed E-state index contributed by atoms with van der Waals surface area (Å²) >= 11 is 1.14. The maximum atomic E-state index is 14.2. The van der Waals surface area contributed by atoms with Crippen LogP contribution >= 0.6 is 11.3 Å². The number of thiazole rings is 1. The second-order valence-corrected chi connectivity index (χ2v) is 11.1. The van der Waals surface area contributed by atoms with Crippen molar-refractivity contribution in [3.05, 3.63) is 119 Å². The third kappa shape index (κ3) is 5.18. The van der Waals surface area contributed by atoms with E-state index in [1.165, 1.54) is 17.7 Å². The van der Waals surface area contributed by atoms with Gasteiger partial charge in [0.15, 0.2) is 4.80 Å². The summed E-state index contributed by atoms with van der Waals surface area (Å²) in [6.45, 7) is 3.58. The van der Waals surface area contributed by atoms with Crippen LogP contribution in [0, 0.1) is 10.1 Å². The first-order valence-electron chi connectivity index (χ1n) is 13.9. The van der Waals surface area contributed by atoms with Crippen LogP contribution in [0.25, 0.3) is 28.2 Å². The van der Waals surface area contributed by atoms with Gasteiger partial charge in [0.05, 0.1) is 53.2 Å². The Kier molecular flexibility index (Phi) is 7.81. The smallest absolute Gasteiger partial charge is 0.338 e. The minimum absolute atomic E-state index is 0.145. The molecular weight excluding hydrogens is 598 g/mol. The molecule has 11 nitrogen and oxygen atoms in total. The minimum atomic E-state index is -0.891. The molecule has 1 atom stereocenters. The van der Waals surface area contributed by atoms with Gasteiger partial charge in [-0.1, -0.05) is 41.7 Å². The van der Waals surface area contributed by atoms with E-state index in [1.807, 2.05) is 36.4 Å². The van der Waals surface area contributed by atoms with Crippen molar-refractivity contribution < 1.29 is 28.3 Å². The number of benzene rings is 3. The van der Waals surface area contributed by atoms with Crippen molar-refractivity contribution in [1.29, 1.82) is 0 Å². The quantitative estimate of drug-likeness (QED) is 0.131. The normalized spacial score (nSPS) is 14.7. The van der Waals surface area contributed by atoms with Crippen molar-refractivity contribution in [2.45, 2.75) is 19.9 Å². The number of aromatic nitrogens is 1. The number of hydrogen-bond acceptors (Lipinski definition) is 10. The van der Waals surface area contributed by atoms with Crippen LogP contribution in [0.1, 0.15) is 31.2 Å². The number of nitro groups is 1. The third-order valence-corrected chi connectivity index (χ3v) is 8.49. The highest BCUT2D eigenvalue weighted by molar-refractivity contribution is 7.07. The molecule has 1 aliphatic heterocycles. The van der Waals surface area contributed by atoms with Crippen molar-refractivity contribution in [1.82, 2.24) is 4.57 Å². The molecule has 3 aromatic carbocycles. The molecule has 0 fully saturated rings. The van der Waals surface area contributed by atoms with Gasteiger partial charge >= 0.3 is 5.97 Å². The Morgan fingerprint density at radius 1 is 1.11 bits per heavy atom. The van der Waals surface area contributed by atoms with Crippen LogP contribution in [0.15, 0.2) is 92.2 Å². The zero-order valence-corrected chi connectivity index (χ0v) is 25.5. The predicted octanol–water partition coefficient (Wildman–Crippen LogP) is 5.14. The average molecular weight is 626 g/mol. The van der Waals surface area contributed by atoms with Crippen LogP contribution in [0.4, 0.5) is 5.69 Å². The SMILES string of the molecule is CCOC(=O)C1=C(C)N=c2s/c(=C/c3ccc(-c4ccc(OC)cc4[N+](=O)[O-])o3)c(=O)n2[C@@H]1c1c(OC)ccc2ccccc12. The van der Waals surface area contributed by atoms with Gasteiger partial charge in [-0.15, -0.1) is 0 Å². The van der Waals surface area contributed by atoms with Crippen molar-refractivity contribution in [3.8, 4) is 22.8 Å². The maximum Gasteiger partial charge on any atom is 0.338 e. The number of nitrogens with zero attached hydrogens (tertiary/aromatic N) is 3. The first-order chi connectivity index (χ1) is 21.7. The second kappa shape index (κ2) is 11.9. The summed E-state index contributed by atoms with van der Waals surface area (Å²) < 4.78 is 24.1. The summed E-state index contributed by atoms with van der Waals surface area (Å²) in [5, 5.41) is 13.5. The molecule has 0 saturated heterocycles. The molecule has 2 aromatic heterocycles. The molecule has 228 valence electrons. The van der Waals surface area contributed by atoms with E-state index < -0.39 is 22.5 Å². The van der Waals surface area contributed by atoms with Gasteiger partial charge < -0.3 is 18.6 Å². The monoisotopic (exact) mass is 625 g/mol. The van der Waals surface area contributed by atoms with Crippen LogP contribution in [0.3, 0.4) is 0 Å². The van der Waals surface area contributed by atoms with Crippen LogP contribution in [-0.4, -0.2) is 36.3 Å². The Morgan fingerprint density at radius 3 is 2.64 bits per heavy atom. The molecule has 6 rings (SSSR count). The highest BCUT2D eigenvalue weighted by Crippen LogP contribution is 2.40. The highest BCUT2D eigenvalue weighted by Gasteiger charge is 2.36. The van der Waals surface area contributed by atoms with E-state index in [9.17, 15) is 19.7 Å². The van der Waals surface area contributed by atoms with E-state index in [0.29, 0.717) is 37.9 Å². The first-order valence-corrected chi connectivity index (χ1v) is 14.7. The van der Waals surface area contributed by atoms with Gasteiger partial charge in [-0.2, -0.15) is 0 Å². The van der Waals surface area contributed by atoms with Crippen LogP contribution < -0.4 is 24.4 Å². The lowest BCUT2D eigenvalue weighted by atomic mass is 9.90. The molecule has 12 heteroatoms. The zero-order valence-electron chi connectivity index (χ0n) is 24.7. The Balaban J connectivity index is 1.54. The molecule has 0 amide bonds. The number of allylic oxidation sites excluding steroid dienone is 1. The molecule has 0 N–H and O–H groups in total. The van der Waals surface area contributed by atoms with E-state index >= 15 is 0 Å². The van der Waals surface area contributed by atoms with Gasteiger partial charge in [-0.05, 0) is 55.0 Å². The van der Waals surface area contributed by atoms with Gasteiger partial charge in [0.2, 0.25) is 0 Å². The lowest BCUT2D eigenvalue weighted by molar-refractivity contribution is -0.384. The van der Waals surface area contributed by atoms with Crippen LogP contribution in [0.2, 0.25) is 0 Å². The molecule has 0 spiro atoms. The minimum Gasteiger partial charge on any atom is -0.497 e. The molecule has 1 aliphatic rings. The fraction of sp³-hybridized carbons (Fsp3) is 0.182. The molecule has 45 heavy (non-hydrogen) atoms. The van der Waals surface area contributed by atoms with E-state index in [2.05, 4.69) is 4.99 Å². The molecule has 0 radical (unpaired) electrons. The lowest BCUT2D eigenvalue weighted by Crippen LogP contribution is -2.40. The standard InChI is InChI=1S/C33H27N3O8S/c1-5-43-32(38)28-18(2)34-33-35(30(28)29-22-9-7-6-8-19(22)10-14-26(29)42-4)31(37)27(45-33)17-21-12-15-25(44-21)23-13-11-20(41-3)16-24(23)36(39)40/h6-17,30H,5H2,1-4H3/b27-17+/t30-/m0/s1. The number of ether oxygens (including phenoxy) is 3. The number of furan rings is 1. The third-order valence-electron chi connectivity index (χ3n) is 7.51. The molecule has 5 aromatic rings. The number of methoxy groups -OCH3 is 2. The van der Waals surface area contributed by atoms with E-state index in [4.69, 9.17) is 18.6 Å². The summed E-state index contributed by atoms with van der Waals surface area (Å²) in [5.74, 6) is 0.822. The fourth-order valence-corrected chi connectivity index (χ4v) is 6.53. The largest absolute Gasteiger partial charge is 0.497 e. The predicted molar refractivity (Wildman–Crippen MR) is 168 cm³/mol. The van der Waals surface area contributed by atoms with Crippen molar-refractivity contribution in [2.75, 3.05) is 20.8 Å². The number of esters is 1. The summed E-state index contributed by atoms with van der Waals surface area (Å²) in [4.78, 5) is 43.9. The molecule has 3 heterocycles. The van der Waals surface area contributed by atoms with E-state index in [1.54, 1.807) is 51.3 Å². The lowest BCUT2D eigenvalue weighted by Gasteiger charge is -2.27. The van der Waals surface area contributed by atoms with Gasteiger partial charge in [-0.25, -0.2) is 9.79 Å². The second-order valence-electron chi connectivity index (χ2n) is 10.0. The number of rotatable bonds is 8. The van der Waals surface area contributed by atoms with Crippen molar-refractivity contribution in [3.63, 3.8) is 0 Å². The number of carbonyl (C=O) groups excluding carboxylic acids is 1.